The zero-order valence-electron chi connectivity index (χ0n) is 8.40. The molecule has 78 valence electrons. The molecule has 0 aliphatic carbocycles. The summed E-state index contributed by atoms with van der Waals surface area (Å²) in [5.74, 6) is 0.280. The van der Waals surface area contributed by atoms with Gasteiger partial charge < -0.3 is 15.0 Å². The molecule has 0 amide bonds. The Morgan fingerprint density at radius 2 is 2.43 bits per heavy atom. The Balaban J connectivity index is 2.68. The molecular weight excluding hydrogens is 182 g/mol. The normalized spacial score (nSPS) is 12.5. The molecule has 5 heteroatoms. The van der Waals surface area contributed by atoms with Crippen LogP contribution in [0.1, 0.15) is 13.3 Å². The number of aromatic nitrogens is 2. The van der Waals surface area contributed by atoms with Gasteiger partial charge in [0.2, 0.25) is 0 Å². The molecule has 1 aromatic heterocycles. The number of aliphatic hydroxyl groups excluding tert-OH is 1. The Hall–Kier alpha value is -1.36. The van der Waals surface area contributed by atoms with Crippen molar-refractivity contribution in [3.63, 3.8) is 0 Å². The second kappa shape index (κ2) is 4.76. The zero-order chi connectivity index (χ0) is 10.6. The van der Waals surface area contributed by atoms with E-state index in [2.05, 4.69) is 10.3 Å². The molecule has 0 bridgehead atoms. The van der Waals surface area contributed by atoms with E-state index in [1.54, 1.807) is 19.4 Å². The van der Waals surface area contributed by atoms with E-state index in [4.69, 9.17) is 0 Å². The standard InChI is InChI=1S/C9H15N3O2/c1-3-7(13)6-11-8-9(14)12(2)5-4-10-8/h4-5,7,13H,3,6H2,1-2H3,(H,10,11). The molecular formula is C9H15N3O2. The molecule has 1 atom stereocenters. The zero-order valence-corrected chi connectivity index (χ0v) is 8.40. The molecule has 0 aliphatic heterocycles. The maximum absolute atomic E-state index is 11.4. The van der Waals surface area contributed by atoms with Crippen molar-refractivity contribution in [3.05, 3.63) is 22.7 Å². The van der Waals surface area contributed by atoms with Crippen LogP contribution in [0.2, 0.25) is 0 Å². The quantitative estimate of drug-likeness (QED) is 0.711. The first-order chi connectivity index (χ1) is 6.65. The van der Waals surface area contributed by atoms with E-state index >= 15 is 0 Å². The van der Waals surface area contributed by atoms with Crippen LogP contribution in [-0.4, -0.2) is 27.3 Å². The average Bonchev–Trinajstić information content (AvgIpc) is 2.20. The fraction of sp³-hybridized carbons (Fsp3) is 0.556. The van der Waals surface area contributed by atoms with Crippen molar-refractivity contribution in [2.24, 2.45) is 7.05 Å². The van der Waals surface area contributed by atoms with Gasteiger partial charge in [0.15, 0.2) is 5.82 Å². The first kappa shape index (κ1) is 10.7. The third-order valence-corrected chi connectivity index (χ3v) is 1.99. The Labute approximate surface area is 82.4 Å². The van der Waals surface area contributed by atoms with Gasteiger partial charge in [-0.25, -0.2) is 4.98 Å². The van der Waals surface area contributed by atoms with Gasteiger partial charge in [0, 0.05) is 26.0 Å². The van der Waals surface area contributed by atoms with Crippen molar-refractivity contribution >= 4 is 5.82 Å². The number of hydrogen-bond donors (Lipinski definition) is 2. The first-order valence-corrected chi connectivity index (χ1v) is 4.58. The molecule has 1 rings (SSSR count). The fourth-order valence-electron chi connectivity index (χ4n) is 0.978. The van der Waals surface area contributed by atoms with Gasteiger partial charge in [0.25, 0.3) is 5.56 Å². The van der Waals surface area contributed by atoms with Gasteiger partial charge in [-0.3, -0.25) is 4.79 Å². The molecule has 0 saturated carbocycles. The van der Waals surface area contributed by atoms with Crippen molar-refractivity contribution in [3.8, 4) is 0 Å². The van der Waals surface area contributed by atoms with E-state index in [1.807, 2.05) is 6.92 Å². The van der Waals surface area contributed by atoms with Crippen LogP contribution in [0.25, 0.3) is 0 Å². The molecule has 2 N–H and O–H groups in total. The van der Waals surface area contributed by atoms with Crippen LogP contribution in [-0.2, 0) is 7.05 Å². The number of nitrogens with one attached hydrogen (secondary N) is 1. The van der Waals surface area contributed by atoms with Crippen molar-refractivity contribution in [1.29, 1.82) is 0 Å². The molecule has 0 spiro atoms. The fourth-order valence-corrected chi connectivity index (χ4v) is 0.978. The van der Waals surface area contributed by atoms with Crippen molar-refractivity contribution in [2.45, 2.75) is 19.4 Å². The number of nitrogens with zero attached hydrogens (tertiary/aromatic N) is 2. The highest BCUT2D eigenvalue weighted by Gasteiger charge is 2.04. The highest BCUT2D eigenvalue weighted by Crippen LogP contribution is 1.94. The van der Waals surface area contributed by atoms with Crippen LogP contribution < -0.4 is 10.9 Å². The van der Waals surface area contributed by atoms with Gasteiger partial charge >= 0.3 is 0 Å². The van der Waals surface area contributed by atoms with Crippen LogP contribution in [0.5, 0.6) is 0 Å². The van der Waals surface area contributed by atoms with Gasteiger partial charge in [-0.2, -0.15) is 0 Å². The number of anilines is 1. The van der Waals surface area contributed by atoms with Gasteiger partial charge in [-0.15, -0.1) is 0 Å². The van der Waals surface area contributed by atoms with Crippen LogP contribution >= 0.6 is 0 Å². The van der Waals surface area contributed by atoms with Crippen LogP contribution in [0.4, 0.5) is 5.82 Å². The predicted molar refractivity (Wildman–Crippen MR) is 54.3 cm³/mol. The number of rotatable bonds is 4. The molecule has 1 aromatic rings. The van der Waals surface area contributed by atoms with Crippen molar-refractivity contribution in [2.75, 3.05) is 11.9 Å². The van der Waals surface area contributed by atoms with E-state index < -0.39 is 6.10 Å². The van der Waals surface area contributed by atoms with E-state index in [-0.39, 0.29) is 11.4 Å². The van der Waals surface area contributed by atoms with E-state index in [9.17, 15) is 9.90 Å². The lowest BCUT2D eigenvalue weighted by Gasteiger charge is -2.09. The molecule has 14 heavy (non-hydrogen) atoms. The summed E-state index contributed by atoms with van der Waals surface area (Å²) in [6.07, 6.45) is 3.34. The van der Waals surface area contributed by atoms with E-state index in [0.29, 0.717) is 13.0 Å². The summed E-state index contributed by atoms with van der Waals surface area (Å²) in [5, 5.41) is 12.1. The maximum Gasteiger partial charge on any atom is 0.293 e. The molecule has 5 nitrogen and oxygen atoms in total. The summed E-state index contributed by atoms with van der Waals surface area (Å²) in [6, 6.07) is 0. The van der Waals surface area contributed by atoms with Crippen LogP contribution in [0.3, 0.4) is 0 Å². The Morgan fingerprint density at radius 1 is 1.71 bits per heavy atom. The summed E-state index contributed by atoms with van der Waals surface area (Å²) in [5.41, 5.74) is -0.184. The number of aliphatic hydroxyl groups is 1. The lowest BCUT2D eigenvalue weighted by molar-refractivity contribution is 0.183. The number of hydrogen-bond acceptors (Lipinski definition) is 4. The summed E-state index contributed by atoms with van der Waals surface area (Å²) in [4.78, 5) is 15.3. The molecule has 1 heterocycles. The van der Waals surface area contributed by atoms with Crippen molar-refractivity contribution in [1.82, 2.24) is 9.55 Å². The minimum absolute atomic E-state index is 0.184. The summed E-state index contributed by atoms with van der Waals surface area (Å²) >= 11 is 0. The minimum atomic E-state index is -0.443. The monoisotopic (exact) mass is 197 g/mol. The summed E-state index contributed by atoms with van der Waals surface area (Å²) < 4.78 is 1.44. The average molecular weight is 197 g/mol. The Kier molecular flexibility index (Phi) is 3.64. The number of aryl methyl sites for hydroxylation is 1. The third-order valence-electron chi connectivity index (χ3n) is 1.99. The molecule has 0 saturated heterocycles. The van der Waals surface area contributed by atoms with Gasteiger partial charge in [0.05, 0.1) is 6.10 Å². The Morgan fingerprint density at radius 3 is 3.07 bits per heavy atom. The minimum Gasteiger partial charge on any atom is -0.391 e. The van der Waals surface area contributed by atoms with Crippen molar-refractivity contribution < 1.29 is 5.11 Å². The Bertz CT molecular complexity index is 348. The van der Waals surface area contributed by atoms with Crippen LogP contribution in [0.15, 0.2) is 17.2 Å². The lowest BCUT2D eigenvalue weighted by Crippen LogP contribution is -2.26. The third kappa shape index (κ3) is 2.56. The highest BCUT2D eigenvalue weighted by atomic mass is 16.3. The summed E-state index contributed by atoms with van der Waals surface area (Å²) in [6.45, 7) is 2.23. The van der Waals surface area contributed by atoms with E-state index in [0.717, 1.165) is 0 Å². The molecule has 0 aromatic carbocycles. The molecule has 0 aliphatic rings. The van der Waals surface area contributed by atoms with Gasteiger partial charge in [-0.1, -0.05) is 6.92 Å². The lowest BCUT2D eigenvalue weighted by atomic mass is 10.3. The first-order valence-electron chi connectivity index (χ1n) is 4.58. The predicted octanol–water partition coefficient (Wildman–Crippen LogP) is -0.0369. The molecule has 1 unspecified atom stereocenters. The highest BCUT2D eigenvalue weighted by molar-refractivity contribution is 5.30. The molecule has 0 radical (unpaired) electrons. The van der Waals surface area contributed by atoms with Crippen LogP contribution in [0, 0.1) is 0 Å². The van der Waals surface area contributed by atoms with Gasteiger partial charge in [-0.05, 0) is 6.42 Å². The summed E-state index contributed by atoms with van der Waals surface area (Å²) in [7, 11) is 1.66. The SMILES string of the molecule is CCC(O)CNc1nccn(C)c1=O. The maximum atomic E-state index is 11.4. The second-order valence-electron chi connectivity index (χ2n) is 3.13. The van der Waals surface area contributed by atoms with E-state index in [1.165, 1.54) is 4.57 Å². The van der Waals surface area contributed by atoms with Gasteiger partial charge in [0.1, 0.15) is 0 Å². The second-order valence-corrected chi connectivity index (χ2v) is 3.13. The largest absolute Gasteiger partial charge is 0.391 e. The molecule has 0 fully saturated rings. The smallest absolute Gasteiger partial charge is 0.293 e. The topological polar surface area (TPSA) is 67.2 Å².